The van der Waals surface area contributed by atoms with E-state index in [9.17, 15) is 32.3 Å². The monoisotopic (exact) mass is 480 g/mol. The van der Waals surface area contributed by atoms with Crippen molar-refractivity contribution in [2.24, 2.45) is 0 Å². The molecule has 1 heterocycles. The van der Waals surface area contributed by atoms with E-state index in [2.05, 4.69) is 10.4 Å². The number of benzene rings is 2. The zero-order valence-electron chi connectivity index (χ0n) is 18.0. The summed E-state index contributed by atoms with van der Waals surface area (Å²) in [4.78, 5) is 24.1. The van der Waals surface area contributed by atoms with Crippen LogP contribution in [0, 0.1) is 5.82 Å². The number of carbonyl (C=O) groups is 2. The minimum atomic E-state index is -4.66. The molecule has 0 radical (unpaired) electrons. The smallest absolute Gasteiger partial charge is 0.397 e. The van der Waals surface area contributed by atoms with Crippen LogP contribution >= 0.6 is 0 Å². The SMILES string of the molecule is COc1ccc(F)cc1C(=O)NCc1ccc(-n2nc(C(C)C(F)(F)F)c(N)c2C(=O)O)cc1. The van der Waals surface area contributed by atoms with Gasteiger partial charge in [0, 0.05) is 6.54 Å². The van der Waals surface area contributed by atoms with E-state index >= 15 is 0 Å². The number of nitrogens with one attached hydrogen (secondary N) is 1. The molecule has 0 fully saturated rings. The highest BCUT2D eigenvalue weighted by Gasteiger charge is 2.41. The third-order valence-corrected chi connectivity index (χ3v) is 5.09. The van der Waals surface area contributed by atoms with Crippen LogP contribution in [0.25, 0.3) is 5.69 Å². The maximum absolute atomic E-state index is 13.5. The number of hydrogen-bond donors (Lipinski definition) is 3. The van der Waals surface area contributed by atoms with Crippen LogP contribution in [0.4, 0.5) is 23.2 Å². The maximum Gasteiger partial charge on any atom is 0.397 e. The quantitative estimate of drug-likeness (QED) is 0.442. The average molecular weight is 480 g/mol. The molecule has 180 valence electrons. The molecule has 1 aromatic heterocycles. The van der Waals surface area contributed by atoms with E-state index < -0.39 is 46.9 Å². The Morgan fingerprint density at radius 1 is 1.21 bits per heavy atom. The highest BCUT2D eigenvalue weighted by atomic mass is 19.4. The molecule has 0 saturated carbocycles. The molecule has 0 aliphatic carbocycles. The number of aromatic nitrogens is 2. The van der Waals surface area contributed by atoms with Gasteiger partial charge >= 0.3 is 12.1 Å². The van der Waals surface area contributed by atoms with E-state index in [0.29, 0.717) is 5.56 Å². The number of amides is 1. The van der Waals surface area contributed by atoms with Crippen molar-refractivity contribution in [1.82, 2.24) is 15.1 Å². The zero-order chi connectivity index (χ0) is 25.2. The zero-order valence-corrected chi connectivity index (χ0v) is 18.0. The number of nitrogens with zero attached hydrogens (tertiary/aromatic N) is 2. The number of hydrogen-bond acceptors (Lipinski definition) is 5. The van der Waals surface area contributed by atoms with Crippen molar-refractivity contribution >= 4 is 17.6 Å². The minimum absolute atomic E-state index is 0.00329. The van der Waals surface area contributed by atoms with Crippen LogP contribution in [-0.2, 0) is 6.54 Å². The highest BCUT2D eigenvalue weighted by Crippen LogP contribution is 2.38. The van der Waals surface area contributed by atoms with Crippen molar-refractivity contribution in [3.05, 3.63) is 70.8 Å². The lowest BCUT2D eigenvalue weighted by Gasteiger charge is -2.13. The molecular weight excluding hydrogens is 460 g/mol. The van der Waals surface area contributed by atoms with Gasteiger partial charge in [0.15, 0.2) is 5.69 Å². The predicted molar refractivity (Wildman–Crippen MR) is 114 cm³/mol. The number of carbonyl (C=O) groups excluding carboxylic acids is 1. The van der Waals surface area contributed by atoms with Crippen LogP contribution in [0.3, 0.4) is 0 Å². The molecule has 3 rings (SSSR count). The van der Waals surface area contributed by atoms with Crippen molar-refractivity contribution in [2.75, 3.05) is 12.8 Å². The molecule has 8 nitrogen and oxygen atoms in total. The van der Waals surface area contributed by atoms with Crippen molar-refractivity contribution in [3.8, 4) is 11.4 Å². The molecule has 1 amide bonds. The van der Waals surface area contributed by atoms with E-state index in [1.807, 2.05) is 0 Å². The van der Waals surface area contributed by atoms with Gasteiger partial charge in [-0.25, -0.2) is 13.9 Å². The van der Waals surface area contributed by atoms with Gasteiger partial charge in [0.05, 0.1) is 35.7 Å². The Balaban J connectivity index is 1.83. The third kappa shape index (κ3) is 4.95. The number of nitrogen functional groups attached to an aromatic ring is 1. The Bertz CT molecular complexity index is 1220. The van der Waals surface area contributed by atoms with Crippen LogP contribution in [0.1, 0.15) is 44.9 Å². The summed E-state index contributed by atoms with van der Waals surface area (Å²) in [6.45, 7) is 0.871. The first-order valence-corrected chi connectivity index (χ1v) is 9.83. The molecule has 0 saturated heterocycles. The number of aromatic carboxylic acids is 1. The highest BCUT2D eigenvalue weighted by molar-refractivity contribution is 5.97. The second-order valence-electron chi connectivity index (χ2n) is 7.32. The first-order valence-electron chi connectivity index (χ1n) is 9.83. The lowest BCUT2D eigenvalue weighted by Crippen LogP contribution is -2.23. The number of nitrogens with two attached hydrogens (primary N) is 1. The number of anilines is 1. The van der Waals surface area contributed by atoms with Gasteiger partial charge < -0.3 is 20.9 Å². The minimum Gasteiger partial charge on any atom is -0.496 e. The summed E-state index contributed by atoms with van der Waals surface area (Å²) in [6, 6.07) is 9.40. The summed E-state index contributed by atoms with van der Waals surface area (Å²) in [5.41, 5.74) is 4.68. The second kappa shape index (κ2) is 9.41. The van der Waals surface area contributed by atoms with Crippen molar-refractivity contribution < 1.29 is 37.0 Å². The fourth-order valence-corrected chi connectivity index (χ4v) is 3.20. The van der Waals surface area contributed by atoms with Crippen LogP contribution in [0.5, 0.6) is 5.75 Å². The number of rotatable bonds is 7. The van der Waals surface area contributed by atoms with Gasteiger partial charge in [0.25, 0.3) is 5.91 Å². The third-order valence-electron chi connectivity index (χ3n) is 5.09. The Morgan fingerprint density at radius 2 is 1.85 bits per heavy atom. The average Bonchev–Trinajstić information content (AvgIpc) is 3.13. The Hall–Kier alpha value is -4.09. The lowest BCUT2D eigenvalue weighted by atomic mass is 10.1. The van der Waals surface area contributed by atoms with Gasteiger partial charge in [-0.2, -0.15) is 18.3 Å². The summed E-state index contributed by atoms with van der Waals surface area (Å²) in [5, 5.41) is 15.9. The Labute approximate surface area is 190 Å². The summed E-state index contributed by atoms with van der Waals surface area (Å²) in [5.74, 6) is -4.61. The molecule has 1 atom stereocenters. The fraction of sp³-hybridized carbons (Fsp3) is 0.227. The Kier molecular flexibility index (Phi) is 6.80. The molecule has 34 heavy (non-hydrogen) atoms. The summed E-state index contributed by atoms with van der Waals surface area (Å²) in [7, 11) is 1.34. The van der Waals surface area contributed by atoms with Crippen LogP contribution in [-0.4, -0.2) is 40.0 Å². The molecule has 4 N–H and O–H groups in total. The summed E-state index contributed by atoms with van der Waals surface area (Å²) < 4.78 is 58.8. The standard InChI is InChI=1S/C22H20F4N4O4/c1-11(22(24,25)26)18-17(27)19(21(32)33)30(29-18)14-6-3-12(4-7-14)10-28-20(31)15-9-13(23)5-8-16(15)34-2/h3-9,11H,10,27H2,1-2H3,(H,28,31)(H,32,33). The summed E-state index contributed by atoms with van der Waals surface area (Å²) in [6.07, 6.45) is -4.66. The fourth-order valence-electron chi connectivity index (χ4n) is 3.20. The molecule has 1 unspecified atom stereocenters. The topological polar surface area (TPSA) is 119 Å². The maximum atomic E-state index is 13.5. The van der Waals surface area contributed by atoms with Crippen molar-refractivity contribution in [2.45, 2.75) is 25.6 Å². The summed E-state index contributed by atoms with van der Waals surface area (Å²) >= 11 is 0. The lowest BCUT2D eigenvalue weighted by molar-refractivity contribution is -0.147. The van der Waals surface area contributed by atoms with Gasteiger partial charge in [-0.15, -0.1) is 0 Å². The first-order chi connectivity index (χ1) is 15.9. The van der Waals surface area contributed by atoms with E-state index in [-0.39, 0.29) is 23.5 Å². The number of carboxylic acids is 1. The van der Waals surface area contributed by atoms with Crippen LogP contribution in [0.2, 0.25) is 0 Å². The second-order valence-corrected chi connectivity index (χ2v) is 7.32. The number of alkyl halides is 3. The predicted octanol–water partition coefficient (Wildman–Crippen LogP) is 3.90. The van der Waals surface area contributed by atoms with Crippen LogP contribution < -0.4 is 15.8 Å². The normalized spacial score (nSPS) is 12.3. The van der Waals surface area contributed by atoms with Gasteiger partial charge in [-0.3, -0.25) is 4.79 Å². The van der Waals surface area contributed by atoms with Gasteiger partial charge in [0.1, 0.15) is 11.6 Å². The molecule has 0 aliphatic heterocycles. The van der Waals surface area contributed by atoms with Crippen molar-refractivity contribution in [1.29, 1.82) is 0 Å². The van der Waals surface area contributed by atoms with Crippen molar-refractivity contribution in [3.63, 3.8) is 0 Å². The van der Waals surface area contributed by atoms with Gasteiger partial charge in [-0.1, -0.05) is 12.1 Å². The molecule has 0 bridgehead atoms. The molecule has 0 aliphatic rings. The Morgan fingerprint density at radius 3 is 2.41 bits per heavy atom. The number of halogens is 4. The number of ether oxygens (including phenoxy) is 1. The van der Waals surface area contributed by atoms with Crippen LogP contribution in [0.15, 0.2) is 42.5 Å². The number of carboxylic acid groups (broad SMARTS) is 1. The molecule has 3 aromatic rings. The van der Waals surface area contributed by atoms with E-state index in [1.54, 1.807) is 0 Å². The molecule has 12 heteroatoms. The first kappa shape index (κ1) is 24.6. The molecular formula is C22H20F4N4O4. The van der Waals surface area contributed by atoms with E-state index in [4.69, 9.17) is 10.5 Å². The largest absolute Gasteiger partial charge is 0.496 e. The molecule has 0 spiro atoms. The van der Waals surface area contributed by atoms with Gasteiger partial charge in [0.2, 0.25) is 0 Å². The molecule has 2 aromatic carbocycles. The van der Waals surface area contributed by atoms with E-state index in [0.717, 1.165) is 23.7 Å². The van der Waals surface area contributed by atoms with E-state index in [1.165, 1.54) is 37.4 Å². The van der Waals surface area contributed by atoms with Gasteiger partial charge in [-0.05, 0) is 42.8 Å². The number of methoxy groups -OCH3 is 1.